The lowest BCUT2D eigenvalue weighted by Gasteiger charge is -2.10. The van der Waals surface area contributed by atoms with E-state index in [1.165, 1.54) is 0 Å². The normalized spacial score (nSPS) is 18.2. The van der Waals surface area contributed by atoms with Crippen molar-refractivity contribution in [2.75, 3.05) is 0 Å². The molecular weight excluding hydrogens is 288 g/mol. The Bertz CT molecular complexity index is 843. The molecule has 0 bridgehead atoms. The van der Waals surface area contributed by atoms with Crippen molar-refractivity contribution in [1.82, 2.24) is 4.98 Å². The second kappa shape index (κ2) is 4.92. The smallest absolute Gasteiger partial charge is 0.335 e. The lowest BCUT2D eigenvalue weighted by molar-refractivity contribution is 0.0695. The number of carbonyl (C=O) groups is 1. The Balaban J connectivity index is 1.77. The van der Waals surface area contributed by atoms with Gasteiger partial charge in [-0.15, -0.1) is 0 Å². The molecule has 2 aliphatic rings. The summed E-state index contributed by atoms with van der Waals surface area (Å²) in [5, 5.41) is 18.7. The molecular formula is C19H16N2O2. The minimum atomic E-state index is -0.874. The molecule has 0 spiro atoms. The maximum atomic E-state index is 11.4. The van der Waals surface area contributed by atoms with Gasteiger partial charge in [0.15, 0.2) is 0 Å². The Hall–Kier alpha value is -2.67. The first-order valence-electron chi connectivity index (χ1n) is 7.89. The number of nitriles is 1. The third-order valence-corrected chi connectivity index (χ3v) is 4.80. The highest BCUT2D eigenvalue weighted by atomic mass is 16.4. The van der Waals surface area contributed by atoms with Crippen molar-refractivity contribution in [3.63, 3.8) is 0 Å². The number of benzene rings is 1. The maximum Gasteiger partial charge on any atom is 0.335 e. The maximum absolute atomic E-state index is 11.4. The highest BCUT2D eigenvalue weighted by Gasteiger charge is 2.46. The van der Waals surface area contributed by atoms with Crippen LogP contribution in [0.2, 0.25) is 0 Å². The van der Waals surface area contributed by atoms with Crippen LogP contribution in [-0.2, 0) is 5.41 Å². The molecule has 1 N–H and O–H groups in total. The number of hydrogen-bond acceptors (Lipinski definition) is 3. The molecule has 1 heterocycles. The zero-order valence-electron chi connectivity index (χ0n) is 12.6. The third kappa shape index (κ3) is 2.39. The summed E-state index contributed by atoms with van der Waals surface area (Å²) in [4.78, 5) is 16.1. The van der Waals surface area contributed by atoms with Crippen molar-refractivity contribution >= 4 is 5.97 Å². The molecule has 0 unspecified atom stereocenters. The van der Waals surface area contributed by atoms with E-state index in [2.05, 4.69) is 11.1 Å². The Kier molecular flexibility index (Phi) is 2.99. The van der Waals surface area contributed by atoms with E-state index in [9.17, 15) is 15.2 Å². The van der Waals surface area contributed by atoms with Gasteiger partial charge in [-0.3, -0.25) is 4.98 Å². The molecule has 0 atom stereocenters. The number of nitrogens with zero attached hydrogens (tertiary/aromatic N) is 2. The molecule has 23 heavy (non-hydrogen) atoms. The van der Waals surface area contributed by atoms with Crippen molar-refractivity contribution in [1.29, 1.82) is 5.26 Å². The molecule has 1 aromatic heterocycles. The topological polar surface area (TPSA) is 74.0 Å². The predicted molar refractivity (Wildman–Crippen MR) is 85.1 cm³/mol. The van der Waals surface area contributed by atoms with E-state index < -0.39 is 11.4 Å². The van der Waals surface area contributed by atoms with Crippen molar-refractivity contribution < 1.29 is 9.90 Å². The Labute approximate surface area is 134 Å². The summed E-state index contributed by atoms with van der Waals surface area (Å²) in [6.45, 7) is 0. The van der Waals surface area contributed by atoms with Gasteiger partial charge >= 0.3 is 5.97 Å². The fourth-order valence-corrected chi connectivity index (χ4v) is 3.06. The van der Waals surface area contributed by atoms with Crippen LogP contribution in [0, 0.1) is 11.3 Å². The van der Waals surface area contributed by atoms with Crippen LogP contribution in [0.1, 0.15) is 53.2 Å². The molecule has 0 amide bonds. The number of carboxylic acid groups (broad SMARTS) is 1. The Morgan fingerprint density at radius 1 is 1.26 bits per heavy atom. The zero-order valence-corrected chi connectivity index (χ0v) is 12.6. The molecule has 2 saturated carbocycles. The van der Waals surface area contributed by atoms with Crippen LogP contribution in [0.25, 0.3) is 11.3 Å². The van der Waals surface area contributed by atoms with Gasteiger partial charge in [-0.05, 0) is 61.4 Å². The fourth-order valence-electron chi connectivity index (χ4n) is 3.06. The fraction of sp³-hybridized carbons (Fsp3) is 0.316. The number of aromatic carboxylic acids is 1. The monoisotopic (exact) mass is 304 g/mol. The minimum Gasteiger partial charge on any atom is -0.478 e. The summed E-state index contributed by atoms with van der Waals surface area (Å²) in [7, 11) is 0. The molecule has 2 aliphatic carbocycles. The van der Waals surface area contributed by atoms with Crippen LogP contribution in [0.3, 0.4) is 0 Å². The van der Waals surface area contributed by atoms with Gasteiger partial charge in [0.1, 0.15) is 0 Å². The lowest BCUT2D eigenvalue weighted by Crippen LogP contribution is -2.06. The highest BCUT2D eigenvalue weighted by Crippen LogP contribution is 2.47. The van der Waals surface area contributed by atoms with Gasteiger partial charge in [-0.25, -0.2) is 4.79 Å². The van der Waals surface area contributed by atoms with E-state index in [1.54, 1.807) is 6.07 Å². The lowest BCUT2D eigenvalue weighted by atomic mass is 9.97. The third-order valence-electron chi connectivity index (χ3n) is 4.80. The minimum absolute atomic E-state index is 0.359. The van der Waals surface area contributed by atoms with Crippen LogP contribution < -0.4 is 0 Å². The molecule has 0 saturated heterocycles. The van der Waals surface area contributed by atoms with Crippen LogP contribution in [0.4, 0.5) is 0 Å². The molecule has 2 fully saturated rings. The van der Waals surface area contributed by atoms with E-state index in [-0.39, 0.29) is 0 Å². The van der Waals surface area contributed by atoms with E-state index in [4.69, 9.17) is 0 Å². The summed E-state index contributed by atoms with van der Waals surface area (Å²) >= 11 is 0. The summed E-state index contributed by atoms with van der Waals surface area (Å²) in [6.07, 6.45) is 3.83. The van der Waals surface area contributed by atoms with Gasteiger partial charge in [0.05, 0.1) is 28.4 Å². The molecule has 4 rings (SSSR count). The van der Waals surface area contributed by atoms with E-state index in [0.717, 1.165) is 48.2 Å². The number of rotatable bonds is 4. The van der Waals surface area contributed by atoms with Gasteiger partial charge in [-0.2, -0.15) is 5.26 Å². The van der Waals surface area contributed by atoms with Crippen LogP contribution in [-0.4, -0.2) is 16.1 Å². The standard InChI is InChI=1S/C19H16N2O2/c20-11-19(8-9-19)17-3-1-2-16(21-17)13-6-7-14(18(22)23)15(10-13)12-4-5-12/h1-3,6-7,10,12H,4-5,8-9H2,(H,22,23). The van der Waals surface area contributed by atoms with Gasteiger partial charge in [0, 0.05) is 5.56 Å². The van der Waals surface area contributed by atoms with Gasteiger partial charge in [-0.1, -0.05) is 12.1 Å². The Morgan fingerprint density at radius 2 is 2.04 bits per heavy atom. The second-order valence-electron chi connectivity index (χ2n) is 6.48. The molecule has 1 aromatic carbocycles. The summed E-state index contributed by atoms with van der Waals surface area (Å²) in [6, 6.07) is 13.6. The van der Waals surface area contributed by atoms with Crippen molar-refractivity contribution in [3.05, 3.63) is 53.2 Å². The van der Waals surface area contributed by atoms with Crippen LogP contribution in [0.15, 0.2) is 36.4 Å². The van der Waals surface area contributed by atoms with Crippen LogP contribution in [0.5, 0.6) is 0 Å². The Morgan fingerprint density at radius 3 is 2.65 bits per heavy atom. The average Bonchev–Trinajstić information content (AvgIpc) is 3.48. The first kappa shape index (κ1) is 14.0. The molecule has 2 aromatic rings. The zero-order chi connectivity index (χ0) is 16.0. The summed E-state index contributed by atoms with van der Waals surface area (Å²) in [5.74, 6) is -0.514. The quantitative estimate of drug-likeness (QED) is 0.930. The molecule has 4 heteroatoms. The molecule has 0 radical (unpaired) electrons. The number of hydrogen-bond donors (Lipinski definition) is 1. The SMILES string of the molecule is N#CC1(c2cccc(-c3ccc(C(=O)O)c(C4CC4)c3)n2)CC1. The highest BCUT2D eigenvalue weighted by molar-refractivity contribution is 5.90. The van der Waals surface area contributed by atoms with E-state index in [1.807, 2.05) is 30.3 Å². The molecule has 0 aliphatic heterocycles. The van der Waals surface area contributed by atoms with Crippen molar-refractivity contribution in [2.24, 2.45) is 0 Å². The summed E-state index contributed by atoms with van der Waals surface area (Å²) in [5.41, 5.74) is 3.45. The number of pyridine rings is 1. The molecule has 4 nitrogen and oxygen atoms in total. The van der Waals surface area contributed by atoms with Crippen molar-refractivity contribution in [2.45, 2.75) is 37.0 Å². The van der Waals surface area contributed by atoms with E-state index in [0.29, 0.717) is 11.5 Å². The first-order chi connectivity index (χ1) is 11.1. The predicted octanol–water partition coefficient (Wildman–Crippen LogP) is 3.88. The average molecular weight is 304 g/mol. The first-order valence-corrected chi connectivity index (χ1v) is 7.89. The number of aromatic nitrogens is 1. The molecule has 114 valence electrons. The van der Waals surface area contributed by atoms with Crippen LogP contribution >= 0.6 is 0 Å². The van der Waals surface area contributed by atoms with Gasteiger partial charge in [0.2, 0.25) is 0 Å². The van der Waals surface area contributed by atoms with E-state index >= 15 is 0 Å². The largest absolute Gasteiger partial charge is 0.478 e. The summed E-state index contributed by atoms with van der Waals surface area (Å²) < 4.78 is 0. The van der Waals surface area contributed by atoms with Crippen molar-refractivity contribution in [3.8, 4) is 17.3 Å². The number of carboxylic acids is 1. The van der Waals surface area contributed by atoms with Gasteiger partial charge < -0.3 is 5.11 Å². The second-order valence-corrected chi connectivity index (χ2v) is 6.48. The van der Waals surface area contributed by atoms with Gasteiger partial charge in [0.25, 0.3) is 0 Å².